The minimum atomic E-state index is -3.83. The standard InChI is InChI=1S/C23H35N5O5S/c1-6-7-12-28-20(24)19(21(29)25-23(28)31)27(13-11-15(2)3)22(30)17-9-8-10-18(14-17)34(32,33)26-16(4)5/h8-10,14-16,26H,6-7,11-13,24H2,1-5H3,(H,25,29,31). The lowest BCUT2D eigenvalue weighted by Gasteiger charge is -2.25. The smallest absolute Gasteiger partial charge is 0.330 e. The Bertz CT molecular complexity index is 1230. The number of aromatic nitrogens is 2. The molecule has 2 rings (SSSR count). The van der Waals surface area contributed by atoms with Gasteiger partial charge in [-0.05, 0) is 50.8 Å². The predicted octanol–water partition coefficient (Wildman–Crippen LogP) is 2.30. The number of nitrogens with two attached hydrogens (primary N) is 1. The van der Waals surface area contributed by atoms with E-state index in [-0.39, 0.29) is 40.5 Å². The summed E-state index contributed by atoms with van der Waals surface area (Å²) in [7, 11) is -3.83. The van der Waals surface area contributed by atoms with Gasteiger partial charge in [-0.25, -0.2) is 17.9 Å². The minimum Gasteiger partial charge on any atom is -0.383 e. The summed E-state index contributed by atoms with van der Waals surface area (Å²) in [5, 5.41) is 0. The summed E-state index contributed by atoms with van der Waals surface area (Å²) in [5.41, 5.74) is 4.81. The van der Waals surface area contributed by atoms with E-state index >= 15 is 0 Å². The molecule has 0 aliphatic rings. The molecule has 1 aromatic heterocycles. The Hall–Kier alpha value is -2.92. The number of nitrogen functional groups attached to an aromatic ring is 1. The first-order valence-electron chi connectivity index (χ1n) is 11.5. The SMILES string of the molecule is CCCCn1c(N)c(N(CCC(C)C)C(=O)c2cccc(S(=O)(=O)NC(C)C)c2)c(=O)[nH]c1=O. The summed E-state index contributed by atoms with van der Waals surface area (Å²) >= 11 is 0. The van der Waals surface area contributed by atoms with Gasteiger partial charge in [0.05, 0.1) is 4.90 Å². The Morgan fingerprint density at radius 3 is 2.47 bits per heavy atom. The van der Waals surface area contributed by atoms with Gasteiger partial charge in [0.25, 0.3) is 11.5 Å². The van der Waals surface area contributed by atoms with Gasteiger partial charge in [-0.15, -0.1) is 0 Å². The molecule has 0 fully saturated rings. The summed E-state index contributed by atoms with van der Waals surface area (Å²) in [6.07, 6.45) is 2.03. The molecular formula is C23H35N5O5S. The van der Waals surface area contributed by atoms with Crippen molar-refractivity contribution in [3.8, 4) is 0 Å². The van der Waals surface area contributed by atoms with Crippen molar-refractivity contribution in [3.63, 3.8) is 0 Å². The highest BCUT2D eigenvalue weighted by Gasteiger charge is 2.26. The van der Waals surface area contributed by atoms with Crippen molar-refractivity contribution in [2.24, 2.45) is 5.92 Å². The second-order valence-electron chi connectivity index (χ2n) is 8.94. The number of hydrogen-bond donors (Lipinski definition) is 3. The van der Waals surface area contributed by atoms with Gasteiger partial charge >= 0.3 is 5.69 Å². The molecule has 188 valence electrons. The van der Waals surface area contributed by atoms with Gasteiger partial charge in [-0.3, -0.25) is 19.1 Å². The van der Waals surface area contributed by atoms with Crippen LogP contribution in [0.4, 0.5) is 11.5 Å². The van der Waals surface area contributed by atoms with Crippen molar-refractivity contribution in [2.75, 3.05) is 17.2 Å². The summed E-state index contributed by atoms with van der Waals surface area (Å²) in [6.45, 7) is 9.77. The molecule has 0 aliphatic carbocycles. The Kier molecular flexibility index (Phi) is 9.22. The third kappa shape index (κ3) is 6.57. The average molecular weight is 494 g/mol. The largest absolute Gasteiger partial charge is 0.383 e. The fourth-order valence-electron chi connectivity index (χ4n) is 3.41. The number of sulfonamides is 1. The maximum Gasteiger partial charge on any atom is 0.330 e. The van der Waals surface area contributed by atoms with Crippen molar-refractivity contribution in [1.82, 2.24) is 14.3 Å². The second kappa shape index (κ2) is 11.5. The third-order valence-electron chi connectivity index (χ3n) is 5.18. The Labute approximate surface area is 200 Å². The molecule has 0 bridgehead atoms. The second-order valence-corrected chi connectivity index (χ2v) is 10.7. The average Bonchev–Trinajstić information content (AvgIpc) is 2.74. The number of unbranched alkanes of at least 4 members (excludes halogenated alkanes) is 1. The number of anilines is 2. The number of nitrogens with zero attached hydrogens (tertiary/aromatic N) is 2. The molecule has 0 aliphatic heterocycles. The fraction of sp³-hybridized carbons (Fsp3) is 0.522. The molecular weight excluding hydrogens is 458 g/mol. The number of nitrogens with one attached hydrogen (secondary N) is 2. The lowest BCUT2D eigenvalue weighted by atomic mass is 10.1. The third-order valence-corrected chi connectivity index (χ3v) is 6.83. The van der Waals surface area contributed by atoms with E-state index in [9.17, 15) is 22.8 Å². The van der Waals surface area contributed by atoms with E-state index in [4.69, 9.17) is 5.73 Å². The summed E-state index contributed by atoms with van der Waals surface area (Å²) in [4.78, 5) is 42.2. The maximum absolute atomic E-state index is 13.6. The van der Waals surface area contributed by atoms with Crippen LogP contribution in [-0.2, 0) is 16.6 Å². The van der Waals surface area contributed by atoms with Gasteiger partial charge in [0.1, 0.15) is 5.82 Å². The van der Waals surface area contributed by atoms with Crippen LogP contribution in [0.1, 0.15) is 64.2 Å². The van der Waals surface area contributed by atoms with Crippen LogP contribution in [0.5, 0.6) is 0 Å². The number of amides is 1. The first kappa shape index (κ1) is 27.3. The van der Waals surface area contributed by atoms with Crippen molar-refractivity contribution in [2.45, 2.75) is 71.4 Å². The minimum absolute atomic E-state index is 0.0642. The Morgan fingerprint density at radius 1 is 1.21 bits per heavy atom. The maximum atomic E-state index is 13.6. The predicted molar refractivity (Wildman–Crippen MR) is 134 cm³/mol. The first-order chi connectivity index (χ1) is 15.9. The van der Waals surface area contributed by atoms with Gasteiger partial charge in [0.15, 0.2) is 5.69 Å². The number of benzene rings is 1. The van der Waals surface area contributed by atoms with Crippen LogP contribution in [0.2, 0.25) is 0 Å². The van der Waals surface area contributed by atoms with Crippen LogP contribution in [0, 0.1) is 5.92 Å². The van der Waals surface area contributed by atoms with Crippen LogP contribution >= 0.6 is 0 Å². The molecule has 0 unspecified atom stereocenters. The van der Waals surface area contributed by atoms with Gasteiger partial charge in [0.2, 0.25) is 10.0 Å². The lowest BCUT2D eigenvalue weighted by Crippen LogP contribution is -2.42. The molecule has 0 spiro atoms. The van der Waals surface area contributed by atoms with E-state index < -0.39 is 27.2 Å². The van der Waals surface area contributed by atoms with E-state index in [1.807, 2.05) is 20.8 Å². The van der Waals surface area contributed by atoms with Crippen molar-refractivity contribution < 1.29 is 13.2 Å². The van der Waals surface area contributed by atoms with Crippen molar-refractivity contribution in [3.05, 3.63) is 50.7 Å². The quantitative estimate of drug-likeness (QED) is 0.437. The molecule has 4 N–H and O–H groups in total. The van der Waals surface area contributed by atoms with Crippen LogP contribution in [0.25, 0.3) is 0 Å². The monoisotopic (exact) mass is 493 g/mol. The molecule has 1 amide bonds. The molecule has 1 heterocycles. The zero-order valence-corrected chi connectivity index (χ0v) is 21.2. The molecule has 0 atom stereocenters. The van der Waals surface area contributed by atoms with Crippen molar-refractivity contribution in [1.29, 1.82) is 0 Å². The number of aromatic amines is 1. The summed E-state index contributed by atoms with van der Waals surface area (Å²) in [6, 6.07) is 5.29. The van der Waals surface area contributed by atoms with E-state index in [0.29, 0.717) is 19.4 Å². The molecule has 0 saturated carbocycles. The number of carbonyl (C=O) groups excluding carboxylic acids is 1. The summed E-state index contributed by atoms with van der Waals surface area (Å²) in [5.74, 6) is -0.465. The zero-order chi connectivity index (χ0) is 25.6. The fourth-order valence-corrected chi connectivity index (χ4v) is 4.71. The van der Waals surface area contributed by atoms with Crippen LogP contribution in [0.15, 0.2) is 38.8 Å². The molecule has 0 saturated heterocycles. The Morgan fingerprint density at radius 2 is 1.88 bits per heavy atom. The highest BCUT2D eigenvalue weighted by atomic mass is 32.2. The molecule has 11 heteroatoms. The normalized spacial score (nSPS) is 11.9. The number of carbonyl (C=O) groups is 1. The molecule has 10 nitrogen and oxygen atoms in total. The number of rotatable bonds is 11. The van der Waals surface area contributed by atoms with Gasteiger partial charge in [-0.1, -0.05) is 33.3 Å². The van der Waals surface area contributed by atoms with E-state index in [0.717, 1.165) is 6.42 Å². The lowest BCUT2D eigenvalue weighted by molar-refractivity contribution is 0.0985. The van der Waals surface area contributed by atoms with Gasteiger partial charge in [-0.2, -0.15) is 0 Å². The van der Waals surface area contributed by atoms with E-state index in [1.54, 1.807) is 13.8 Å². The molecule has 0 radical (unpaired) electrons. The molecule has 1 aromatic carbocycles. The summed E-state index contributed by atoms with van der Waals surface area (Å²) < 4.78 is 29.0. The van der Waals surface area contributed by atoms with Crippen LogP contribution < -0.4 is 26.6 Å². The molecule has 2 aromatic rings. The highest BCUT2D eigenvalue weighted by Crippen LogP contribution is 2.22. The van der Waals surface area contributed by atoms with E-state index in [1.165, 1.54) is 33.7 Å². The Balaban J connectivity index is 2.62. The van der Waals surface area contributed by atoms with Crippen LogP contribution in [0.3, 0.4) is 0 Å². The van der Waals surface area contributed by atoms with Gasteiger partial charge < -0.3 is 10.6 Å². The van der Waals surface area contributed by atoms with Gasteiger partial charge in [0, 0.05) is 24.7 Å². The zero-order valence-electron chi connectivity index (χ0n) is 20.4. The first-order valence-corrected chi connectivity index (χ1v) is 12.9. The molecule has 34 heavy (non-hydrogen) atoms. The number of hydrogen-bond acceptors (Lipinski definition) is 6. The van der Waals surface area contributed by atoms with Crippen molar-refractivity contribution >= 4 is 27.4 Å². The van der Waals surface area contributed by atoms with Crippen LogP contribution in [-0.4, -0.2) is 36.5 Å². The topological polar surface area (TPSA) is 147 Å². The highest BCUT2D eigenvalue weighted by molar-refractivity contribution is 7.89. The number of H-pyrrole nitrogens is 1. The van der Waals surface area contributed by atoms with E-state index in [2.05, 4.69) is 9.71 Å².